The number of H-pyrrole nitrogens is 1. The number of pyridine rings is 1. The fourth-order valence-electron chi connectivity index (χ4n) is 4.03. The van der Waals surface area contributed by atoms with Crippen LogP contribution in [0.2, 0.25) is 0 Å². The number of likely N-dealkylation sites (tertiary alicyclic amines) is 1. The molecule has 3 heterocycles. The Balaban J connectivity index is 1.98. The van der Waals surface area contributed by atoms with E-state index < -0.39 is 11.2 Å². The van der Waals surface area contributed by atoms with E-state index in [4.69, 9.17) is 0 Å². The molecule has 1 atom stereocenters. The van der Waals surface area contributed by atoms with Crippen LogP contribution in [0.15, 0.2) is 15.7 Å². The van der Waals surface area contributed by atoms with Crippen LogP contribution >= 0.6 is 0 Å². The number of nitrogens with one attached hydrogen (secondary N) is 2. The lowest BCUT2D eigenvalue weighted by Crippen LogP contribution is -2.35. The summed E-state index contributed by atoms with van der Waals surface area (Å²) in [5.41, 5.74) is 0.202. The normalized spacial score (nSPS) is 17.4. The predicted molar refractivity (Wildman–Crippen MR) is 118 cm³/mol. The van der Waals surface area contributed by atoms with Crippen LogP contribution in [0.5, 0.6) is 0 Å². The van der Waals surface area contributed by atoms with Gasteiger partial charge in [-0.15, -0.1) is 0 Å². The van der Waals surface area contributed by atoms with Gasteiger partial charge in [-0.2, -0.15) is 0 Å². The SMILES string of the molecule is CCCn1c(=O)[nH]c(=O)c2c(C(=O)NC[C@@H]3CCN(C(C)C)C3)cc(C(C)C)nc21. The summed E-state index contributed by atoms with van der Waals surface area (Å²) < 4.78 is 1.46. The lowest BCUT2D eigenvalue weighted by atomic mass is 10.0. The van der Waals surface area contributed by atoms with Crippen molar-refractivity contribution in [1.29, 1.82) is 0 Å². The van der Waals surface area contributed by atoms with E-state index in [1.165, 1.54) is 4.57 Å². The van der Waals surface area contributed by atoms with Gasteiger partial charge in [-0.05, 0) is 51.1 Å². The molecule has 0 unspecified atom stereocenters. The van der Waals surface area contributed by atoms with Crippen LogP contribution in [0.25, 0.3) is 11.0 Å². The highest BCUT2D eigenvalue weighted by Gasteiger charge is 2.26. The van der Waals surface area contributed by atoms with Crippen molar-refractivity contribution in [1.82, 2.24) is 24.8 Å². The third-order valence-electron chi connectivity index (χ3n) is 5.85. The van der Waals surface area contributed by atoms with Gasteiger partial charge < -0.3 is 10.2 Å². The number of aromatic nitrogens is 3. The van der Waals surface area contributed by atoms with Crippen molar-refractivity contribution in [3.8, 4) is 0 Å². The van der Waals surface area contributed by atoms with E-state index in [0.29, 0.717) is 37.2 Å². The summed E-state index contributed by atoms with van der Waals surface area (Å²) in [5, 5.41) is 3.20. The first kappa shape index (κ1) is 22.2. The molecule has 2 aromatic rings. The summed E-state index contributed by atoms with van der Waals surface area (Å²) in [6, 6.07) is 2.19. The van der Waals surface area contributed by atoms with Crippen LogP contribution in [-0.2, 0) is 6.54 Å². The molecule has 0 bridgehead atoms. The number of aryl methyl sites for hydroxylation is 1. The maximum Gasteiger partial charge on any atom is 0.329 e. The van der Waals surface area contributed by atoms with E-state index in [2.05, 4.69) is 34.0 Å². The smallest absolute Gasteiger partial charge is 0.329 e. The highest BCUT2D eigenvalue weighted by atomic mass is 16.2. The van der Waals surface area contributed by atoms with Crippen molar-refractivity contribution >= 4 is 16.9 Å². The van der Waals surface area contributed by atoms with Crippen LogP contribution in [0.4, 0.5) is 0 Å². The molecule has 30 heavy (non-hydrogen) atoms. The number of hydrogen-bond acceptors (Lipinski definition) is 5. The van der Waals surface area contributed by atoms with Gasteiger partial charge in [0, 0.05) is 31.4 Å². The Labute approximate surface area is 176 Å². The summed E-state index contributed by atoms with van der Waals surface area (Å²) in [6.45, 7) is 13.3. The third-order valence-corrected chi connectivity index (χ3v) is 5.85. The molecule has 1 fully saturated rings. The molecule has 1 saturated heterocycles. The van der Waals surface area contributed by atoms with Crippen LogP contribution in [0.3, 0.4) is 0 Å². The molecule has 1 aliphatic heterocycles. The van der Waals surface area contributed by atoms with E-state index in [0.717, 1.165) is 19.5 Å². The number of amides is 1. The Morgan fingerprint density at radius 1 is 1.30 bits per heavy atom. The van der Waals surface area contributed by atoms with Crippen LogP contribution in [-0.4, -0.2) is 51.0 Å². The summed E-state index contributed by atoms with van der Waals surface area (Å²) in [6.07, 6.45) is 1.76. The average Bonchev–Trinajstić information content (AvgIpc) is 3.17. The van der Waals surface area contributed by atoms with Gasteiger partial charge >= 0.3 is 5.69 Å². The van der Waals surface area contributed by atoms with Crippen molar-refractivity contribution in [2.24, 2.45) is 5.92 Å². The highest BCUT2D eigenvalue weighted by Crippen LogP contribution is 2.21. The van der Waals surface area contributed by atoms with Gasteiger partial charge in [0.2, 0.25) is 0 Å². The van der Waals surface area contributed by atoms with E-state index in [1.54, 1.807) is 6.07 Å². The lowest BCUT2D eigenvalue weighted by molar-refractivity contribution is 0.0948. The molecule has 0 saturated carbocycles. The number of carbonyl (C=O) groups is 1. The number of carbonyl (C=O) groups excluding carboxylic acids is 1. The van der Waals surface area contributed by atoms with Crippen molar-refractivity contribution in [2.45, 2.75) is 66.0 Å². The van der Waals surface area contributed by atoms with Crippen LogP contribution < -0.4 is 16.6 Å². The van der Waals surface area contributed by atoms with Gasteiger partial charge in [-0.1, -0.05) is 20.8 Å². The number of rotatable bonds is 7. The minimum absolute atomic E-state index is 0.0554. The summed E-state index contributed by atoms with van der Waals surface area (Å²) in [7, 11) is 0. The Morgan fingerprint density at radius 2 is 2.03 bits per heavy atom. The number of aromatic amines is 1. The maximum atomic E-state index is 13.1. The molecule has 3 rings (SSSR count). The second-order valence-corrected chi connectivity index (χ2v) is 8.81. The monoisotopic (exact) mass is 415 g/mol. The molecule has 2 aromatic heterocycles. The minimum Gasteiger partial charge on any atom is -0.352 e. The molecule has 8 nitrogen and oxygen atoms in total. The third kappa shape index (κ3) is 4.48. The quantitative estimate of drug-likeness (QED) is 0.721. The van der Waals surface area contributed by atoms with Crippen molar-refractivity contribution < 1.29 is 4.79 Å². The first-order chi connectivity index (χ1) is 14.2. The number of hydrogen-bond donors (Lipinski definition) is 2. The maximum absolute atomic E-state index is 13.1. The summed E-state index contributed by atoms with van der Waals surface area (Å²) in [4.78, 5) is 47.5. The largest absolute Gasteiger partial charge is 0.352 e. The molecule has 0 aliphatic carbocycles. The molecule has 8 heteroatoms. The lowest BCUT2D eigenvalue weighted by Gasteiger charge is -2.20. The summed E-state index contributed by atoms with van der Waals surface area (Å²) >= 11 is 0. The predicted octanol–water partition coefficient (Wildman–Crippen LogP) is 2.08. The van der Waals surface area contributed by atoms with Gasteiger partial charge in [-0.25, -0.2) is 9.78 Å². The first-order valence-electron chi connectivity index (χ1n) is 10.9. The van der Waals surface area contributed by atoms with E-state index in [-0.39, 0.29) is 28.4 Å². The molecule has 1 amide bonds. The Hall–Kier alpha value is -2.48. The second-order valence-electron chi connectivity index (χ2n) is 8.81. The van der Waals surface area contributed by atoms with E-state index in [1.807, 2.05) is 20.8 Å². The molecule has 164 valence electrons. The zero-order chi connectivity index (χ0) is 22.0. The zero-order valence-corrected chi connectivity index (χ0v) is 18.6. The molecule has 2 N–H and O–H groups in total. The Bertz CT molecular complexity index is 1040. The topological polar surface area (TPSA) is 100 Å². The highest BCUT2D eigenvalue weighted by molar-refractivity contribution is 6.05. The van der Waals surface area contributed by atoms with Gasteiger partial charge in [0.05, 0.1) is 10.9 Å². The molecule has 0 radical (unpaired) electrons. The minimum atomic E-state index is -0.567. The molecule has 1 aliphatic rings. The molecule has 0 spiro atoms. The van der Waals surface area contributed by atoms with Gasteiger partial charge in [0.25, 0.3) is 11.5 Å². The second kappa shape index (κ2) is 9.12. The zero-order valence-electron chi connectivity index (χ0n) is 18.6. The molecular formula is C22H33N5O3. The fourth-order valence-corrected chi connectivity index (χ4v) is 4.03. The Kier molecular flexibility index (Phi) is 6.75. The van der Waals surface area contributed by atoms with Crippen molar-refractivity contribution in [2.75, 3.05) is 19.6 Å². The molecule has 0 aromatic carbocycles. The standard InChI is InChI=1S/C22H33N5O3/c1-6-8-27-19-18(21(29)25-22(27)30)16(10-17(24-19)13(2)3)20(28)23-11-15-7-9-26(12-15)14(4)5/h10,13-15H,6-9,11-12H2,1-5H3,(H,23,28)(H,25,29,30)/t15-/m0/s1. The fraction of sp³-hybridized carbons (Fsp3) is 0.636. The van der Waals surface area contributed by atoms with Crippen LogP contribution in [0, 0.1) is 5.92 Å². The van der Waals surface area contributed by atoms with Gasteiger partial charge in [-0.3, -0.25) is 19.1 Å². The van der Waals surface area contributed by atoms with Gasteiger partial charge in [0.1, 0.15) is 0 Å². The summed E-state index contributed by atoms with van der Waals surface area (Å²) in [5.74, 6) is 0.157. The van der Waals surface area contributed by atoms with Crippen LogP contribution in [0.1, 0.15) is 69.4 Å². The molecular weight excluding hydrogens is 382 g/mol. The van der Waals surface area contributed by atoms with Crippen molar-refractivity contribution in [3.63, 3.8) is 0 Å². The van der Waals surface area contributed by atoms with Gasteiger partial charge in [0.15, 0.2) is 5.65 Å². The van der Waals surface area contributed by atoms with E-state index >= 15 is 0 Å². The van der Waals surface area contributed by atoms with Crippen molar-refractivity contribution in [3.05, 3.63) is 38.2 Å². The first-order valence-corrected chi connectivity index (χ1v) is 10.9. The van der Waals surface area contributed by atoms with E-state index in [9.17, 15) is 14.4 Å². The Morgan fingerprint density at radius 3 is 2.63 bits per heavy atom. The number of nitrogens with zero attached hydrogens (tertiary/aromatic N) is 3. The number of fused-ring (bicyclic) bond motifs is 1. The average molecular weight is 416 g/mol.